The van der Waals surface area contributed by atoms with Crippen molar-refractivity contribution in [1.82, 2.24) is 10.2 Å². The van der Waals surface area contributed by atoms with Crippen LogP contribution in [0.2, 0.25) is 0 Å². The molecule has 2 rings (SSSR count). The lowest BCUT2D eigenvalue weighted by molar-refractivity contribution is 0.122. The van der Waals surface area contributed by atoms with E-state index in [9.17, 15) is 9.90 Å². The van der Waals surface area contributed by atoms with E-state index in [0.29, 0.717) is 0 Å². The van der Waals surface area contributed by atoms with Crippen molar-refractivity contribution in [3.05, 3.63) is 29.8 Å². The first-order chi connectivity index (χ1) is 10.4. The van der Waals surface area contributed by atoms with E-state index in [1.807, 2.05) is 45.3 Å². The van der Waals surface area contributed by atoms with Crippen LogP contribution in [0.15, 0.2) is 24.3 Å². The van der Waals surface area contributed by atoms with Gasteiger partial charge in [-0.25, -0.2) is 4.79 Å². The van der Waals surface area contributed by atoms with E-state index < -0.39 is 0 Å². The fourth-order valence-electron chi connectivity index (χ4n) is 3.11. The molecule has 0 spiro atoms. The average molecular weight is 305 g/mol. The third kappa shape index (κ3) is 4.21. The molecule has 2 amide bonds. The van der Waals surface area contributed by atoms with Crippen molar-refractivity contribution in [3.8, 4) is 0 Å². The standard InChI is InChI=1S/C17H27N3O2/c1-17(12-21)9-5-8-15(17)19-16(22)18-14-7-4-6-13(10-14)11-20(2)3/h4,6-7,10,15,21H,5,8-9,11-12H2,1-3H3,(H2,18,19,22). The van der Waals surface area contributed by atoms with Gasteiger partial charge in [0.25, 0.3) is 0 Å². The largest absolute Gasteiger partial charge is 0.396 e. The summed E-state index contributed by atoms with van der Waals surface area (Å²) >= 11 is 0. The summed E-state index contributed by atoms with van der Waals surface area (Å²) in [6.45, 7) is 2.97. The van der Waals surface area contributed by atoms with Crippen LogP contribution in [-0.4, -0.2) is 42.8 Å². The van der Waals surface area contributed by atoms with Crippen LogP contribution in [0.25, 0.3) is 0 Å². The van der Waals surface area contributed by atoms with Crippen molar-refractivity contribution in [3.63, 3.8) is 0 Å². The summed E-state index contributed by atoms with van der Waals surface area (Å²) in [5.74, 6) is 0. The predicted octanol–water partition coefficient (Wildman–Crippen LogP) is 2.42. The van der Waals surface area contributed by atoms with Crippen molar-refractivity contribution < 1.29 is 9.90 Å². The number of urea groups is 1. The van der Waals surface area contributed by atoms with Gasteiger partial charge in [0, 0.05) is 23.7 Å². The highest BCUT2D eigenvalue weighted by Gasteiger charge is 2.39. The SMILES string of the molecule is CN(C)Cc1cccc(NC(=O)NC2CCCC2(C)CO)c1. The molecule has 122 valence electrons. The second kappa shape index (κ2) is 7.11. The summed E-state index contributed by atoms with van der Waals surface area (Å²) in [6.07, 6.45) is 2.91. The summed E-state index contributed by atoms with van der Waals surface area (Å²) in [6, 6.07) is 7.69. The topological polar surface area (TPSA) is 64.6 Å². The van der Waals surface area contributed by atoms with Crippen molar-refractivity contribution in [1.29, 1.82) is 0 Å². The number of hydrogen-bond donors (Lipinski definition) is 3. The first-order valence-electron chi connectivity index (χ1n) is 7.85. The quantitative estimate of drug-likeness (QED) is 0.783. The van der Waals surface area contributed by atoms with Crippen LogP contribution >= 0.6 is 0 Å². The van der Waals surface area contributed by atoms with Gasteiger partial charge >= 0.3 is 6.03 Å². The zero-order chi connectivity index (χ0) is 16.2. The maximum atomic E-state index is 12.2. The molecule has 1 aliphatic carbocycles. The molecule has 1 saturated carbocycles. The maximum Gasteiger partial charge on any atom is 0.319 e. The fourth-order valence-corrected chi connectivity index (χ4v) is 3.11. The van der Waals surface area contributed by atoms with Crippen LogP contribution in [0, 0.1) is 5.41 Å². The van der Waals surface area contributed by atoms with Gasteiger partial charge in [-0.1, -0.05) is 25.5 Å². The third-order valence-electron chi connectivity index (χ3n) is 4.43. The molecule has 5 nitrogen and oxygen atoms in total. The van der Waals surface area contributed by atoms with Gasteiger partial charge in [0.2, 0.25) is 0 Å². The Balaban J connectivity index is 1.95. The Morgan fingerprint density at radius 1 is 1.45 bits per heavy atom. The Kier molecular flexibility index (Phi) is 5.42. The molecular weight excluding hydrogens is 278 g/mol. The van der Waals surface area contributed by atoms with Crippen LogP contribution in [0.1, 0.15) is 31.7 Å². The van der Waals surface area contributed by atoms with Crippen LogP contribution in [0.3, 0.4) is 0 Å². The minimum atomic E-state index is -0.204. The van der Waals surface area contributed by atoms with Crippen LogP contribution in [0.5, 0.6) is 0 Å². The molecule has 2 atom stereocenters. The summed E-state index contributed by atoms with van der Waals surface area (Å²) in [5.41, 5.74) is 1.74. The number of aliphatic hydroxyl groups is 1. The lowest BCUT2D eigenvalue weighted by Gasteiger charge is -2.30. The van der Waals surface area contributed by atoms with Crippen molar-refractivity contribution in [2.75, 3.05) is 26.0 Å². The van der Waals surface area contributed by atoms with Gasteiger partial charge in [-0.05, 0) is 44.6 Å². The molecule has 0 heterocycles. The Bertz CT molecular complexity index is 518. The van der Waals surface area contributed by atoms with Gasteiger partial charge in [-0.3, -0.25) is 0 Å². The molecule has 0 saturated heterocycles. The number of amides is 2. The lowest BCUT2D eigenvalue weighted by atomic mass is 9.86. The van der Waals surface area contributed by atoms with Gasteiger partial charge in [-0.15, -0.1) is 0 Å². The third-order valence-corrected chi connectivity index (χ3v) is 4.43. The molecular formula is C17H27N3O2. The first kappa shape index (κ1) is 16.8. The van der Waals surface area contributed by atoms with E-state index in [1.165, 1.54) is 0 Å². The Morgan fingerprint density at radius 3 is 2.91 bits per heavy atom. The number of nitrogens with one attached hydrogen (secondary N) is 2. The van der Waals surface area contributed by atoms with Gasteiger partial charge in [0.15, 0.2) is 0 Å². The molecule has 0 aliphatic heterocycles. The number of carbonyl (C=O) groups is 1. The highest BCUT2D eigenvalue weighted by molar-refractivity contribution is 5.89. The van der Waals surface area contributed by atoms with Crippen LogP contribution < -0.4 is 10.6 Å². The molecule has 1 aromatic rings. The minimum absolute atomic E-state index is 0.0301. The molecule has 1 aliphatic rings. The van der Waals surface area contributed by atoms with Crippen LogP contribution in [0.4, 0.5) is 10.5 Å². The molecule has 2 unspecified atom stereocenters. The van der Waals surface area contributed by atoms with Crippen LogP contribution in [-0.2, 0) is 6.54 Å². The van der Waals surface area contributed by atoms with E-state index in [1.54, 1.807) is 0 Å². The van der Waals surface area contributed by atoms with E-state index in [4.69, 9.17) is 0 Å². The van der Waals surface area contributed by atoms with Crippen molar-refractivity contribution in [2.45, 2.75) is 38.8 Å². The number of nitrogens with zero attached hydrogens (tertiary/aromatic N) is 1. The normalized spacial score (nSPS) is 24.5. The van der Waals surface area contributed by atoms with Gasteiger partial charge in [0.1, 0.15) is 0 Å². The van der Waals surface area contributed by atoms with Crippen molar-refractivity contribution >= 4 is 11.7 Å². The molecule has 0 radical (unpaired) electrons. The number of anilines is 1. The second-order valence-corrected chi connectivity index (χ2v) is 6.79. The van der Waals surface area contributed by atoms with Gasteiger partial charge in [-0.2, -0.15) is 0 Å². The molecule has 1 aromatic carbocycles. The van der Waals surface area contributed by atoms with Gasteiger partial charge < -0.3 is 20.6 Å². The molecule has 1 fully saturated rings. The highest BCUT2D eigenvalue weighted by atomic mass is 16.3. The number of hydrogen-bond acceptors (Lipinski definition) is 3. The number of aliphatic hydroxyl groups excluding tert-OH is 1. The monoisotopic (exact) mass is 305 g/mol. The van der Waals surface area contributed by atoms with E-state index in [-0.39, 0.29) is 24.1 Å². The average Bonchev–Trinajstić information content (AvgIpc) is 2.80. The maximum absolute atomic E-state index is 12.2. The fraction of sp³-hybridized carbons (Fsp3) is 0.588. The molecule has 0 aromatic heterocycles. The van der Waals surface area contributed by atoms with E-state index in [2.05, 4.69) is 15.5 Å². The van der Waals surface area contributed by atoms with Gasteiger partial charge in [0.05, 0.1) is 6.61 Å². The second-order valence-electron chi connectivity index (χ2n) is 6.79. The molecule has 3 N–H and O–H groups in total. The first-order valence-corrected chi connectivity index (χ1v) is 7.85. The number of benzene rings is 1. The summed E-state index contributed by atoms with van der Waals surface area (Å²) in [4.78, 5) is 14.3. The molecule has 0 bridgehead atoms. The Morgan fingerprint density at radius 2 is 2.23 bits per heavy atom. The lowest BCUT2D eigenvalue weighted by Crippen LogP contribution is -2.46. The zero-order valence-electron chi connectivity index (χ0n) is 13.7. The minimum Gasteiger partial charge on any atom is -0.396 e. The Hall–Kier alpha value is -1.59. The highest BCUT2D eigenvalue weighted by Crippen LogP contribution is 2.37. The smallest absolute Gasteiger partial charge is 0.319 e. The summed E-state index contributed by atoms with van der Waals surface area (Å²) < 4.78 is 0. The molecule has 5 heteroatoms. The Labute approximate surface area is 132 Å². The zero-order valence-corrected chi connectivity index (χ0v) is 13.7. The number of carbonyl (C=O) groups excluding carboxylic acids is 1. The summed E-state index contributed by atoms with van der Waals surface area (Å²) in [7, 11) is 4.03. The summed E-state index contributed by atoms with van der Waals surface area (Å²) in [5, 5.41) is 15.4. The van der Waals surface area contributed by atoms with E-state index >= 15 is 0 Å². The predicted molar refractivity (Wildman–Crippen MR) is 88.8 cm³/mol. The molecule has 22 heavy (non-hydrogen) atoms. The van der Waals surface area contributed by atoms with Crippen molar-refractivity contribution in [2.24, 2.45) is 5.41 Å². The number of rotatable bonds is 5. The van der Waals surface area contributed by atoms with E-state index in [0.717, 1.165) is 37.1 Å².